The SMILES string of the molecule is CCCNC(=O)CN(CCC)C(=O)c1ccc(N)c(C)c1. The zero-order valence-electron chi connectivity index (χ0n) is 13.1. The van der Waals surface area contributed by atoms with Crippen LogP contribution in [0.3, 0.4) is 0 Å². The Morgan fingerprint density at radius 1 is 1.24 bits per heavy atom. The Morgan fingerprint density at radius 3 is 2.52 bits per heavy atom. The maximum atomic E-state index is 12.5. The molecule has 1 aromatic rings. The molecule has 0 unspecified atom stereocenters. The summed E-state index contributed by atoms with van der Waals surface area (Å²) in [5.74, 6) is -0.252. The van der Waals surface area contributed by atoms with Gasteiger partial charge >= 0.3 is 0 Å². The number of aryl methyl sites for hydroxylation is 1. The summed E-state index contributed by atoms with van der Waals surface area (Å²) in [6.07, 6.45) is 1.69. The Balaban J connectivity index is 2.81. The average Bonchev–Trinajstić information content (AvgIpc) is 2.46. The highest BCUT2D eigenvalue weighted by Gasteiger charge is 2.18. The van der Waals surface area contributed by atoms with Gasteiger partial charge in [-0.15, -0.1) is 0 Å². The van der Waals surface area contributed by atoms with Crippen LogP contribution in [0.15, 0.2) is 18.2 Å². The second-order valence-electron chi connectivity index (χ2n) is 5.15. The van der Waals surface area contributed by atoms with E-state index in [-0.39, 0.29) is 18.4 Å². The van der Waals surface area contributed by atoms with E-state index in [9.17, 15) is 9.59 Å². The number of hydrogen-bond acceptors (Lipinski definition) is 3. The van der Waals surface area contributed by atoms with Gasteiger partial charge < -0.3 is 16.0 Å². The molecule has 1 rings (SSSR count). The highest BCUT2D eigenvalue weighted by molar-refractivity contribution is 5.97. The number of carbonyl (C=O) groups is 2. The number of anilines is 1. The third-order valence-corrected chi connectivity index (χ3v) is 3.20. The van der Waals surface area contributed by atoms with Crippen LogP contribution in [0.2, 0.25) is 0 Å². The summed E-state index contributed by atoms with van der Waals surface area (Å²) in [7, 11) is 0. The van der Waals surface area contributed by atoms with Crippen molar-refractivity contribution >= 4 is 17.5 Å². The summed E-state index contributed by atoms with van der Waals surface area (Å²) >= 11 is 0. The summed E-state index contributed by atoms with van der Waals surface area (Å²) in [6, 6.07) is 5.20. The average molecular weight is 291 g/mol. The Morgan fingerprint density at radius 2 is 1.95 bits per heavy atom. The van der Waals surface area contributed by atoms with E-state index >= 15 is 0 Å². The number of benzene rings is 1. The molecule has 0 fully saturated rings. The standard InChI is InChI=1S/C16H25N3O2/c1-4-8-18-15(20)11-19(9-5-2)16(21)13-6-7-14(17)12(3)10-13/h6-7,10H,4-5,8-9,11,17H2,1-3H3,(H,18,20). The number of nitrogen functional groups attached to an aromatic ring is 1. The molecule has 0 spiro atoms. The van der Waals surface area contributed by atoms with Gasteiger partial charge in [-0.1, -0.05) is 13.8 Å². The van der Waals surface area contributed by atoms with Crippen molar-refractivity contribution in [3.8, 4) is 0 Å². The van der Waals surface area contributed by atoms with Gasteiger partial charge in [-0.3, -0.25) is 9.59 Å². The molecule has 0 aliphatic rings. The van der Waals surface area contributed by atoms with E-state index in [1.807, 2.05) is 20.8 Å². The smallest absolute Gasteiger partial charge is 0.254 e. The van der Waals surface area contributed by atoms with E-state index in [1.54, 1.807) is 23.1 Å². The lowest BCUT2D eigenvalue weighted by molar-refractivity contribution is -0.121. The Labute approximate surface area is 126 Å². The Kier molecular flexibility index (Phi) is 6.72. The first-order chi connectivity index (χ1) is 9.99. The first kappa shape index (κ1) is 17.0. The number of nitrogens with two attached hydrogens (primary N) is 1. The summed E-state index contributed by atoms with van der Waals surface area (Å²) in [4.78, 5) is 25.9. The van der Waals surface area contributed by atoms with Gasteiger partial charge in [-0.05, 0) is 43.5 Å². The van der Waals surface area contributed by atoms with Gasteiger partial charge in [0.15, 0.2) is 0 Å². The third kappa shape index (κ3) is 5.10. The molecule has 0 aliphatic carbocycles. The molecule has 116 valence electrons. The molecule has 0 saturated carbocycles. The van der Waals surface area contributed by atoms with Crippen LogP contribution in [0.25, 0.3) is 0 Å². The van der Waals surface area contributed by atoms with Crippen molar-refractivity contribution in [1.29, 1.82) is 0 Å². The fraction of sp³-hybridized carbons (Fsp3) is 0.500. The van der Waals surface area contributed by atoms with Crippen LogP contribution in [-0.4, -0.2) is 36.3 Å². The highest BCUT2D eigenvalue weighted by atomic mass is 16.2. The van der Waals surface area contributed by atoms with Crippen molar-refractivity contribution in [3.63, 3.8) is 0 Å². The van der Waals surface area contributed by atoms with Crippen LogP contribution in [0.1, 0.15) is 42.6 Å². The molecule has 5 nitrogen and oxygen atoms in total. The minimum Gasteiger partial charge on any atom is -0.399 e. The second-order valence-corrected chi connectivity index (χ2v) is 5.15. The molecule has 0 radical (unpaired) electrons. The van der Waals surface area contributed by atoms with Gasteiger partial charge in [-0.25, -0.2) is 0 Å². The van der Waals surface area contributed by atoms with Gasteiger partial charge in [0.25, 0.3) is 5.91 Å². The first-order valence-electron chi connectivity index (χ1n) is 7.41. The molecule has 0 bridgehead atoms. The molecular formula is C16H25N3O2. The maximum absolute atomic E-state index is 12.5. The summed E-state index contributed by atoms with van der Waals surface area (Å²) in [5.41, 5.74) is 7.87. The molecule has 0 aliphatic heterocycles. The van der Waals surface area contributed by atoms with E-state index < -0.39 is 0 Å². The largest absolute Gasteiger partial charge is 0.399 e. The van der Waals surface area contributed by atoms with Crippen LogP contribution in [0, 0.1) is 6.92 Å². The number of amides is 2. The normalized spacial score (nSPS) is 10.2. The Bertz CT molecular complexity index is 500. The van der Waals surface area contributed by atoms with Crippen LogP contribution in [-0.2, 0) is 4.79 Å². The van der Waals surface area contributed by atoms with Crippen LogP contribution >= 0.6 is 0 Å². The molecule has 1 aromatic carbocycles. The van der Waals surface area contributed by atoms with Crippen molar-refractivity contribution < 1.29 is 9.59 Å². The lowest BCUT2D eigenvalue weighted by atomic mass is 10.1. The van der Waals surface area contributed by atoms with Gasteiger partial charge in [0.1, 0.15) is 0 Å². The second kappa shape index (κ2) is 8.29. The van der Waals surface area contributed by atoms with E-state index in [0.29, 0.717) is 24.3 Å². The zero-order chi connectivity index (χ0) is 15.8. The summed E-state index contributed by atoms with van der Waals surface area (Å²) in [6.45, 7) is 7.13. The quantitative estimate of drug-likeness (QED) is 0.754. The lowest BCUT2D eigenvalue weighted by Crippen LogP contribution is -2.41. The minimum absolute atomic E-state index is 0.0934. The molecule has 0 atom stereocenters. The lowest BCUT2D eigenvalue weighted by Gasteiger charge is -2.22. The molecule has 0 saturated heterocycles. The van der Waals surface area contributed by atoms with Crippen molar-refractivity contribution in [1.82, 2.24) is 10.2 Å². The number of nitrogens with zero attached hydrogens (tertiary/aromatic N) is 1. The van der Waals surface area contributed by atoms with Crippen molar-refractivity contribution in [3.05, 3.63) is 29.3 Å². The van der Waals surface area contributed by atoms with Gasteiger partial charge in [0, 0.05) is 24.3 Å². The maximum Gasteiger partial charge on any atom is 0.254 e. The van der Waals surface area contributed by atoms with Crippen molar-refractivity contribution in [2.75, 3.05) is 25.4 Å². The van der Waals surface area contributed by atoms with Crippen LogP contribution in [0.4, 0.5) is 5.69 Å². The van der Waals surface area contributed by atoms with Crippen molar-refractivity contribution in [2.24, 2.45) is 0 Å². The van der Waals surface area contributed by atoms with Gasteiger partial charge in [0.05, 0.1) is 6.54 Å². The topological polar surface area (TPSA) is 75.4 Å². The molecule has 21 heavy (non-hydrogen) atoms. The number of carbonyl (C=O) groups excluding carboxylic acids is 2. The summed E-state index contributed by atoms with van der Waals surface area (Å²) in [5, 5.41) is 2.80. The van der Waals surface area contributed by atoms with E-state index in [2.05, 4.69) is 5.32 Å². The van der Waals surface area contributed by atoms with Crippen molar-refractivity contribution in [2.45, 2.75) is 33.6 Å². The van der Waals surface area contributed by atoms with Crippen LogP contribution < -0.4 is 11.1 Å². The number of rotatable bonds is 7. The molecular weight excluding hydrogens is 266 g/mol. The monoisotopic (exact) mass is 291 g/mol. The summed E-state index contributed by atoms with van der Waals surface area (Å²) < 4.78 is 0. The van der Waals surface area contributed by atoms with E-state index in [4.69, 9.17) is 5.73 Å². The third-order valence-electron chi connectivity index (χ3n) is 3.20. The predicted molar refractivity (Wildman–Crippen MR) is 85.1 cm³/mol. The molecule has 5 heteroatoms. The molecule has 3 N–H and O–H groups in total. The van der Waals surface area contributed by atoms with E-state index in [1.165, 1.54) is 0 Å². The Hall–Kier alpha value is -2.04. The minimum atomic E-state index is -0.133. The number of nitrogens with one attached hydrogen (secondary N) is 1. The molecule has 0 heterocycles. The predicted octanol–water partition coefficient (Wildman–Crippen LogP) is 1.96. The fourth-order valence-corrected chi connectivity index (χ4v) is 2.01. The fourth-order valence-electron chi connectivity index (χ4n) is 2.01. The zero-order valence-corrected chi connectivity index (χ0v) is 13.1. The highest BCUT2D eigenvalue weighted by Crippen LogP contribution is 2.14. The molecule has 0 aromatic heterocycles. The van der Waals surface area contributed by atoms with Crippen LogP contribution in [0.5, 0.6) is 0 Å². The molecule has 2 amide bonds. The van der Waals surface area contributed by atoms with E-state index in [0.717, 1.165) is 18.4 Å². The number of hydrogen-bond donors (Lipinski definition) is 2. The van der Waals surface area contributed by atoms with Gasteiger partial charge in [-0.2, -0.15) is 0 Å². The van der Waals surface area contributed by atoms with Gasteiger partial charge in [0.2, 0.25) is 5.91 Å². The first-order valence-corrected chi connectivity index (χ1v) is 7.41.